The van der Waals surface area contributed by atoms with Gasteiger partial charge in [-0.15, -0.1) is 11.6 Å². The molecule has 14 heavy (non-hydrogen) atoms. The average Bonchev–Trinajstić information content (AvgIpc) is 2.18. The predicted molar refractivity (Wildman–Crippen MR) is 62.3 cm³/mol. The summed E-state index contributed by atoms with van der Waals surface area (Å²) in [6.45, 7) is 0. The first-order valence-corrected chi connectivity index (χ1v) is 5.20. The van der Waals surface area contributed by atoms with Crippen LogP contribution in [-0.4, -0.2) is 5.38 Å². The summed E-state index contributed by atoms with van der Waals surface area (Å²) in [6.07, 6.45) is 5.73. The Kier molecular flexibility index (Phi) is 2.95. The van der Waals surface area contributed by atoms with Crippen LogP contribution in [0.25, 0.3) is 5.57 Å². The van der Waals surface area contributed by atoms with Crippen molar-refractivity contribution < 1.29 is 0 Å². The number of rotatable bonds is 1. The highest BCUT2D eigenvalue weighted by molar-refractivity contribution is 6.34. The molecule has 2 heteroatoms. The molecule has 0 saturated carbocycles. The van der Waals surface area contributed by atoms with E-state index >= 15 is 0 Å². The third kappa shape index (κ3) is 2.20. The Bertz CT molecular complexity index is 377. The van der Waals surface area contributed by atoms with Crippen molar-refractivity contribution in [3.05, 3.63) is 59.5 Å². The summed E-state index contributed by atoms with van der Waals surface area (Å²) in [4.78, 5) is 0. The summed E-state index contributed by atoms with van der Waals surface area (Å²) >= 11 is 11.9. The van der Waals surface area contributed by atoms with Gasteiger partial charge in [0.1, 0.15) is 0 Å². The van der Waals surface area contributed by atoms with E-state index in [1.165, 1.54) is 0 Å². The minimum absolute atomic E-state index is 0.109. The van der Waals surface area contributed by atoms with E-state index in [0.717, 1.165) is 11.1 Å². The van der Waals surface area contributed by atoms with E-state index in [9.17, 15) is 0 Å². The molecule has 71 valence electrons. The highest BCUT2D eigenvalue weighted by Gasteiger charge is 2.12. The molecule has 1 aromatic carbocycles. The minimum atomic E-state index is -0.109. The molecule has 1 atom stereocenters. The second-order valence-electron chi connectivity index (χ2n) is 3.13. The summed E-state index contributed by atoms with van der Waals surface area (Å²) in [5.41, 5.74) is 2.22. The van der Waals surface area contributed by atoms with E-state index in [0.29, 0.717) is 5.03 Å². The first-order chi connectivity index (χ1) is 6.75. The summed E-state index contributed by atoms with van der Waals surface area (Å²) < 4.78 is 0. The largest absolute Gasteiger partial charge is 0.118 e. The lowest BCUT2D eigenvalue weighted by Crippen LogP contribution is -2.01. The fourth-order valence-corrected chi connectivity index (χ4v) is 2.02. The van der Waals surface area contributed by atoms with Crippen molar-refractivity contribution in [3.63, 3.8) is 0 Å². The zero-order valence-electron chi connectivity index (χ0n) is 7.45. The SMILES string of the molecule is ClC1=CC(c2ccccc2)=C[C@@H](Cl)[CH]1. The summed E-state index contributed by atoms with van der Waals surface area (Å²) in [7, 11) is 0. The molecule has 1 aliphatic carbocycles. The standard InChI is InChI=1S/C12H9Cl2/c13-11-6-10(7-12(14)8-11)9-4-2-1-3-5-9/h1-8,11H/t11-/m1/s1. The smallest absolute Gasteiger partial charge is 0.0609 e. The number of hydrogen-bond donors (Lipinski definition) is 0. The number of hydrogen-bond acceptors (Lipinski definition) is 0. The molecule has 1 radical (unpaired) electrons. The monoisotopic (exact) mass is 223 g/mol. The van der Waals surface area contributed by atoms with E-state index in [1.54, 1.807) is 0 Å². The lowest BCUT2D eigenvalue weighted by molar-refractivity contribution is 1.26. The van der Waals surface area contributed by atoms with E-state index in [1.807, 2.05) is 48.9 Å². The van der Waals surface area contributed by atoms with Gasteiger partial charge in [0, 0.05) is 11.5 Å². The van der Waals surface area contributed by atoms with Crippen LogP contribution in [0, 0.1) is 6.42 Å². The minimum Gasteiger partial charge on any atom is -0.118 e. The molecule has 1 aromatic rings. The third-order valence-corrected chi connectivity index (χ3v) is 2.54. The quantitative estimate of drug-likeness (QED) is 0.632. The average molecular weight is 224 g/mol. The normalized spacial score (nSPS) is 21.4. The van der Waals surface area contributed by atoms with Crippen LogP contribution in [0.1, 0.15) is 5.56 Å². The van der Waals surface area contributed by atoms with Gasteiger partial charge in [0.25, 0.3) is 0 Å². The Labute approximate surface area is 93.8 Å². The van der Waals surface area contributed by atoms with E-state index in [-0.39, 0.29) is 5.38 Å². The summed E-state index contributed by atoms with van der Waals surface area (Å²) in [5, 5.41) is 0.592. The predicted octanol–water partition coefficient (Wildman–Crippen LogP) is 4.02. The highest BCUT2D eigenvalue weighted by atomic mass is 35.5. The Morgan fingerprint density at radius 1 is 1.07 bits per heavy atom. The molecule has 2 rings (SSSR count). The van der Waals surface area contributed by atoms with Gasteiger partial charge in [0.05, 0.1) is 5.38 Å². The second kappa shape index (κ2) is 4.20. The Morgan fingerprint density at radius 2 is 1.79 bits per heavy atom. The van der Waals surface area contributed by atoms with Gasteiger partial charge in [-0.3, -0.25) is 0 Å². The van der Waals surface area contributed by atoms with Gasteiger partial charge in [-0.25, -0.2) is 0 Å². The van der Waals surface area contributed by atoms with Crippen LogP contribution < -0.4 is 0 Å². The zero-order chi connectivity index (χ0) is 9.97. The maximum Gasteiger partial charge on any atom is 0.0609 e. The molecule has 0 saturated heterocycles. The molecule has 0 unspecified atom stereocenters. The van der Waals surface area contributed by atoms with Gasteiger partial charge >= 0.3 is 0 Å². The lowest BCUT2D eigenvalue weighted by atomic mass is 9.99. The second-order valence-corrected chi connectivity index (χ2v) is 4.07. The topological polar surface area (TPSA) is 0 Å². The fourth-order valence-electron chi connectivity index (χ4n) is 1.43. The molecule has 0 aromatic heterocycles. The summed E-state index contributed by atoms with van der Waals surface area (Å²) in [5.74, 6) is 0. The van der Waals surface area contributed by atoms with Gasteiger partial charge in [0.2, 0.25) is 0 Å². The highest BCUT2D eigenvalue weighted by Crippen LogP contribution is 2.28. The van der Waals surface area contributed by atoms with E-state index in [2.05, 4.69) is 0 Å². The number of benzene rings is 1. The molecule has 0 spiro atoms. The number of alkyl halides is 1. The molecule has 0 amide bonds. The Hall–Kier alpha value is -0.720. The Morgan fingerprint density at radius 3 is 2.43 bits per heavy atom. The summed E-state index contributed by atoms with van der Waals surface area (Å²) in [6, 6.07) is 10.1. The van der Waals surface area contributed by atoms with Crippen LogP contribution >= 0.6 is 23.2 Å². The molecule has 0 fully saturated rings. The molecule has 0 aliphatic heterocycles. The molecule has 0 heterocycles. The van der Waals surface area contributed by atoms with Crippen LogP contribution in [0.2, 0.25) is 0 Å². The molecular weight excluding hydrogens is 215 g/mol. The zero-order valence-corrected chi connectivity index (χ0v) is 8.96. The van der Waals surface area contributed by atoms with Gasteiger partial charge < -0.3 is 0 Å². The molecule has 1 aliphatic rings. The molecule has 0 N–H and O–H groups in total. The fraction of sp³-hybridized carbons (Fsp3) is 0.0833. The van der Waals surface area contributed by atoms with E-state index in [4.69, 9.17) is 23.2 Å². The van der Waals surface area contributed by atoms with Gasteiger partial charge in [-0.1, -0.05) is 48.0 Å². The maximum absolute atomic E-state index is 6.00. The van der Waals surface area contributed by atoms with Gasteiger partial charge in [-0.05, 0) is 17.2 Å². The van der Waals surface area contributed by atoms with Crippen LogP contribution in [0.5, 0.6) is 0 Å². The lowest BCUT2D eigenvalue weighted by Gasteiger charge is -2.13. The van der Waals surface area contributed by atoms with Crippen LogP contribution in [0.4, 0.5) is 0 Å². The van der Waals surface area contributed by atoms with Crippen LogP contribution in [0.3, 0.4) is 0 Å². The molecule has 0 nitrogen and oxygen atoms in total. The molecule has 0 bridgehead atoms. The first-order valence-electron chi connectivity index (χ1n) is 4.39. The molecular formula is C12H9Cl2. The van der Waals surface area contributed by atoms with Crippen LogP contribution in [-0.2, 0) is 0 Å². The van der Waals surface area contributed by atoms with Crippen molar-refractivity contribution in [2.75, 3.05) is 0 Å². The van der Waals surface area contributed by atoms with Crippen molar-refractivity contribution in [2.24, 2.45) is 0 Å². The number of halogens is 2. The number of allylic oxidation sites excluding steroid dienone is 4. The Balaban J connectivity index is 2.36. The van der Waals surface area contributed by atoms with E-state index < -0.39 is 0 Å². The van der Waals surface area contributed by atoms with Gasteiger partial charge in [-0.2, -0.15) is 0 Å². The first kappa shape index (κ1) is 9.82. The van der Waals surface area contributed by atoms with Crippen molar-refractivity contribution in [1.29, 1.82) is 0 Å². The van der Waals surface area contributed by atoms with Crippen molar-refractivity contribution in [1.82, 2.24) is 0 Å². The third-order valence-electron chi connectivity index (χ3n) is 2.06. The van der Waals surface area contributed by atoms with Gasteiger partial charge in [0.15, 0.2) is 0 Å². The van der Waals surface area contributed by atoms with Crippen molar-refractivity contribution >= 4 is 28.8 Å². The van der Waals surface area contributed by atoms with Crippen molar-refractivity contribution in [2.45, 2.75) is 5.38 Å². The van der Waals surface area contributed by atoms with Crippen LogP contribution in [0.15, 0.2) is 47.5 Å². The maximum atomic E-state index is 6.00. The van der Waals surface area contributed by atoms with Crippen molar-refractivity contribution in [3.8, 4) is 0 Å².